The molecule has 2 atom stereocenters. The maximum absolute atomic E-state index is 3.67. The fourth-order valence-electron chi connectivity index (χ4n) is 3.69. The number of fused-ring (bicyclic) bond motifs is 2. The van der Waals surface area contributed by atoms with Gasteiger partial charge in [-0.3, -0.25) is 4.90 Å². The number of rotatable bonds is 4. The summed E-state index contributed by atoms with van der Waals surface area (Å²) in [7, 11) is 2.33. The van der Waals surface area contributed by atoms with Crippen molar-refractivity contribution < 1.29 is 0 Å². The normalized spacial score (nSPS) is 29.7. The maximum atomic E-state index is 3.67. The number of likely N-dealkylation sites (tertiary alicyclic amines) is 1. The molecule has 2 fully saturated rings. The Morgan fingerprint density at radius 1 is 1.00 bits per heavy atom. The van der Waals surface area contributed by atoms with Gasteiger partial charge in [0.2, 0.25) is 0 Å². The van der Waals surface area contributed by atoms with Crippen LogP contribution in [-0.2, 0) is 0 Å². The predicted octanol–water partition coefficient (Wildman–Crippen LogP) is 2.57. The lowest BCUT2D eigenvalue weighted by Crippen LogP contribution is -2.47. The molecule has 0 spiro atoms. The fourth-order valence-corrected chi connectivity index (χ4v) is 3.69. The molecule has 2 bridgehead atoms. The van der Waals surface area contributed by atoms with Gasteiger partial charge >= 0.3 is 0 Å². The van der Waals surface area contributed by atoms with E-state index < -0.39 is 0 Å². The molecule has 20 heavy (non-hydrogen) atoms. The molecule has 2 unspecified atom stereocenters. The van der Waals surface area contributed by atoms with E-state index in [1.807, 2.05) is 0 Å². The first-order chi connectivity index (χ1) is 9.16. The van der Waals surface area contributed by atoms with Crippen LogP contribution in [0.2, 0.25) is 0 Å². The van der Waals surface area contributed by atoms with Gasteiger partial charge in [0.05, 0.1) is 0 Å². The van der Waals surface area contributed by atoms with Crippen LogP contribution in [0.1, 0.15) is 53.9 Å². The van der Waals surface area contributed by atoms with E-state index >= 15 is 0 Å². The van der Waals surface area contributed by atoms with Crippen molar-refractivity contribution in [1.82, 2.24) is 15.1 Å². The Balaban J connectivity index is 1.86. The summed E-state index contributed by atoms with van der Waals surface area (Å²) in [6.07, 6.45) is 4.18. The molecule has 2 aliphatic rings. The third kappa shape index (κ3) is 4.44. The van der Waals surface area contributed by atoms with Crippen molar-refractivity contribution in [3.63, 3.8) is 0 Å². The van der Waals surface area contributed by atoms with Crippen LogP contribution < -0.4 is 5.32 Å². The quantitative estimate of drug-likeness (QED) is 0.854. The van der Waals surface area contributed by atoms with E-state index in [1.165, 1.54) is 38.9 Å². The van der Waals surface area contributed by atoms with Crippen LogP contribution in [0, 0.1) is 5.41 Å². The van der Waals surface area contributed by atoms with Crippen molar-refractivity contribution >= 4 is 0 Å². The van der Waals surface area contributed by atoms with E-state index in [0.29, 0.717) is 5.41 Å². The van der Waals surface area contributed by atoms with Crippen LogP contribution in [0.4, 0.5) is 0 Å². The van der Waals surface area contributed by atoms with Crippen LogP contribution in [0.5, 0.6) is 0 Å². The Bertz CT molecular complexity index is 319. The first-order valence-corrected chi connectivity index (χ1v) is 8.36. The highest BCUT2D eigenvalue weighted by Gasteiger charge is 2.36. The van der Waals surface area contributed by atoms with Crippen LogP contribution in [0.25, 0.3) is 0 Å². The standard InChI is InChI=1S/C17H35N3/c1-16(2,3)18-12-17(4,5)13-20-10-9-14-7-8-15(11-20)19(14)6/h14-15,18H,7-13H2,1-6H3. The number of likely N-dealkylation sites (N-methyl/N-ethyl adjacent to an activating group) is 1. The van der Waals surface area contributed by atoms with Crippen LogP contribution in [-0.4, -0.2) is 60.6 Å². The molecule has 0 aliphatic carbocycles. The largest absolute Gasteiger partial charge is 0.311 e. The lowest BCUT2D eigenvalue weighted by molar-refractivity contribution is 0.151. The van der Waals surface area contributed by atoms with Gasteiger partial charge in [-0.15, -0.1) is 0 Å². The third-order valence-corrected chi connectivity index (χ3v) is 4.98. The summed E-state index contributed by atoms with van der Waals surface area (Å²) in [6, 6.07) is 1.65. The van der Waals surface area contributed by atoms with E-state index in [0.717, 1.165) is 18.6 Å². The van der Waals surface area contributed by atoms with Gasteiger partial charge in [-0.2, -0.15) is 0 Å². The molecule has 2 rings (SSSR count). The molecular formula is C17H35N3. The smallest absolute Gasteiger partial charge is 0.0223 e. The van der Waals surface area contributed by atoms with Crippen LogP contribution in [0.3, 0.4) is 0 Å². The summed E-state index contributed by atoms with van der Waals surface area (Å²) in [6.45, 7) is 16.4. The van der Waals surface area contributed by atoms with E-state index in [9.17, 15) is 0 Å². The Labute approximate surface area is 126 Å². The minimum absolute atomic E-state index is 0.218. The molecule has 0 saturated carbocycles. The lowest BCUT2D eigenvalue weighted by atomic mass is 9.90. The number of nitrogens with one attached hydrogen (secondary N) is 1. The number of hydrogen-bond donors (Lipinski definition) is 1. The second-order valence-electron chi connectivity index (χ2n) is 8.84. The summed E-state index contributed by atoms with van der Waals surface area (Å²) in [5.41, 5.74) is 0.560. The summed E-state index contributed by atoms with van der Waals surface area (Å²) >= 11 is 0. The topological polar surface area (TPSA) is 18.5 Å². The molecule has 0 aromatic carbocycles. The zero-order valence-electron chi connectivity index (χ0n) is 14.5. The van der Waals surface area contributed by atoms with Gasteiger partial charge in [0.25, 0.3) is 0 Å². The van der Waals surface area contributed by atoms with Crippen LogP contribution in [0.15, 0.2) is 0 Å². The average Bonchev–Trinajstić information content (AvgIpc) is 2.54. The third-order valence-electron chi connectivity index (χ3n) is 4.98. The van der Waals surface area contributed by atoms with Gasteiger partial charge in [0, 0.05) is 37.3 Å². The first kappa shape index (κ1) is 16.3. The monoisotopic (exact) mass is 281 g/mol. The van der Waals surface area contributed by atoms with Crippen molar-refractivity contribution in [1.29, 1.82) is 0 Å². The lowest BCUT2D eigenvalue weighted by Gasteiger charge is -2.36. The molecule has 0 aromatic rings. The van der Waals surface area contributed by atoms with Gasteiger partial charge in [0.1, 0.15) is 0 Å². The van der Waals surface area contributed by atoms with Crippen molar-refractivity contribution in [2.45, 2.75) is 71.5 Å². The number of hydrogen-bond acceptors (Lipinski definition) is 3. The molecule has 3 heteroatoms. The minimum atomic E-state index is 0.218. The molecule has 3 nitrogen and oxygen atoms in total. The second kappa shape index (κ2) is 5.94. The van der Waals surface area contributed by atoms with Crippen molar-refractivity contribution in [3.05, 3.63) is 0 Å². The van der Waals surface area contributed by atoms with Gasteiger partial charge < -0.3 is 10.2 Å². The highest BCUT2D eigenvalue weighted by Crippen LogP contribution is 2.29. The van der Waals surface area contributed by atoms with Gasteiger partial charge in [0.15, 0.2) is 0 Å². The summed E-state index contributed by atoms with van der Waals surface area (Å²) < 4.78 is 0. The van der Waals surface area contributed by atoms with E-state index in [2.05, 4.69) is 56.8 Å². The highest BCUT2D eigenvalue weighted by atomic mass is 15.3. The molecule has 0 amide bonds. The molecule has 0 radical (unpaired) electrons. The molecular weight excluding hydrogens is 246 g/mol. The van der Waals surface area contributed by atoms with Crippen LogP contribution >= 0.6 is 0 Å². The second-order valence-corrected chi connectivity index (χ2v) is 8.84. The van der Waals surface area contributed by atoms with Crippen molar-refractivity contribution in [2.24, 2.45) is 5.41 Å². The SMILES string of the molecule is CN1C2CCC1CN(CC(C)(C)CNC(C)(C)C)CC2. The first-order valence-electron chi connectivity index (χ1n) is 8.36. The Kier molecular flexibility index (Phi) is 4.83. The van der Waals surface area contributed by atoms with Gasteiger partial charge in [-0.25, -0.2) is 0 Å². The highest BCUT2D eigenvalue weighted by molar-refractivity contribution is 4.92. The minimum Gasteiger partial charge on any atom is -0.311 e. The molecule has 2 aliphatic heterocycles. The van der Waals surface area contributed by atoms with Gasteiger partial charge in [-0.05, 0) is 59.0 Å². The van der Waals surface area contributed by atoms with E-state index in [4.69, 9.17) is 0 Å². The predicted molar refractivity (Wildman–Crippen MR) is 87.2 cm³/mol. The Hall–Kier alpha value is -0.120. The average molecular weight is 281 g/mol. The van der Waals surface area contributed by atoms with E-state index in [1.54, 1.807) is 0 Å². The fraction of sp³-hybridized carbons (Fsp3) is 1.00. The van der Waals surface area contributed by atoms with Crippen molar-refractivity contribution in [2.75, 3.05) is 33.2 Å². The maximum Gasteiger partial charge on any atom is 0.0223 e. The zero-order valence-corrected chi connectivity index (χ0v) is 14.5. The number of nitrogens with zero attached hydrogens (tertiary/aromatic N) is 2. The Morgan fingerprint density at radius 3 is 2.30 bits per heavy atom. The molecule has 0 aromatic heterocycles. The zero-order chi connectivity index (χ0) is 15.0. The molecule has 2 saturated heterocycles. The summed E-state index contributed by atoms with van der Waals surface area (Å²) in [4.78, 5) is 5.35. The van der Waals surface area contributed by atoms with Gasteiger partial charge in [-0.1, -0.05) is 13.8 Å². The molecule has 1 N–H and O–H groups in total. The summed E-state index contributed by atoms with van der Waals surface area (Å²) in [5, 5.41) is 3.67. The Morgan fingerprint density at radius 2 is 1.65 bits per heavy atom. The van der Waals surface area contributed by atoms with E-state index in [-0.39, 0.29) is 5.54 Å². The van der Waals surface area contributed by atoms with Crippen molar-refractivity contribution in [3.8, 4) is 0 Å². The molecule has 118 valence electrons. The molecule has 2 heterocycles. The summed E-state index contributed by atoms with van der Waals surface area (Å²) in [5.74, 6) is 0.